The van der Waals surface area contributed by atoms with Crippen LogP contribution in [0.3, 0.4) is 0 Å². The van der Waals surface area contributed by atoms with E-state index in [-0.39, 0.29) is 0 Å². The molecule has 0 saturated heterocycles. The molecule has 4 heteroatoms. The van der Waals surface area contributed by atoms with E-state index >= 15 is 0 Å². The van der Waals surface area contributed by atoms with Gasteiger partial charge in [-0.1, -0.05) is 6.07 Å². The lowest BCUT2D eigenvalue weighted by molar-refractivity contribution is 0.670. The molecule has 0 N–H and O–H groups in total. The van der Waals surface area contributed by atoms with Crippen LogP contribution >= 0.6 is 15.9 Å². The molecule has 2 aromatic heterocycles. The minimum Gasteiger partial charge on any atom is -0.325 e. The van der Waals surface area contributed by atoms with E-state index in [0.29, 0.717) is 0 Å². The second-order valence-corrected chi connectivity index (χ2v) is 3.67. The van der Waals surface area contributed by atoms with Gasteiger partial charge in [0, 0.05) is 37.3 Å². The van der Waals surface area contributed by atoms with Gasteiger partial charge in [-0.15, -0.1) is 0 Å². The fraction of sp³-hybridized carbons (Fsp3) is 0.200. The molecule has 0 aliphatic carbocycles. The zero-order valence-electron chi connectivity index (χ0n) is 7.60. The smallest absolute Gasteiger partial charge is 0.177 e. The van der Waals surface area contributed by atoms with E-state index in [2.05, 4.69) is 30.5 Å². The summed E-state index contributed by atoms with van der Waals surface area (Å²) in [5.74, 6) is 0. The summed E-state index contributed by atoms with van der Waals surface area (Å²) >= 11 is 3.37. The van der Waals surface area contributed by atoms with Crippen molar-refractivity contribution < 1.29 is 0 Å². The van der Waals surface area contributed by atoms with Crippen LogP contribution in [0.4, 0.5) is 0 Å². The van der Waals surface area contributed by atoms with Crippen molar-refractivity contribution in [1.82, 2.24) is 14.5 Å². The Bertz CT molecular complexity index is 397. The Hall–Kier alpha value is -1.16. The molecular formula is C10H10BrN3. The van der Waals surface area contributed by atoms with E-state index in [1.165, 1.54) is 0 Å². The highest BCUT2D eigenvalue weighted by atomic mass is 79.9. The first-order chi connectivity index (χ1) is 6.86. The first-order valence-electron chi connectivity index (χ1n) is 4.43. The van der Waals surface area contributed by atoms with E-state index in [9.17, 15) is 0 Å². The molecule has 0 spiro atoms. The maximum absolute atomic E-state index is 4.26. The lowest BCUT2D eigenvalue weighted by atomic mass is 10.3. The summed E-state index contributed by atoms with van der Waals surface area (Å²) < 4.78 is 2.92. The first-order valence-corrected chi connectivity index (χ1v) is 5.22. The molecule has 0 aromatic carbocycles. The molecule has 2 rings (SSSR count). The molecule has 0 saturated carbocycles. The van der Waals surface area contributed by atoms with Crippen molar-refractivity contribution in [3.05, 3.63) is 47.2 Å². The average molecular weight is 252 g/mol. The van der Waals surface area contributed by atoms with Gasteiger partial charge < -0.3 is 4.57 Å². The number of aromatic nitrogens is 3. The second kappa shape index (κ2) is 4.37. The van der Waals surface area contributed by atoms with Crippen molar-refractivity contribution in [2.24, 2.45) is 0 Å². The summed E-state index contributed by atoms with van der Waals surface area (Å²) in [5, 5.41) is 0. The highest BCUT2D eigenvalue weighted by Crippen LogP contribution is 2.07. The van der Waals surface area contributed by atoms with Crippen LogP contribution in [0.2, 0.25) is 0 Å². The van der Waals surface area contributed by atoms with Gasteiger partial charge in [-0.3, -0.25) is 4.98 Å². The number of hydrogen-bond donors (Lipinski definition) is 0. The SMILES string of the molecule is Brc1nccn1CCc1ccccn1. The van der Waals surface area contributed by atoms with Gasteiger partial charge in [0.25, 0.3) is 0 Å². The van der Waals surface area contributed by atoms with Crippen LogP contribution in [0.5, 0.6) is 0 Å². The fourth-order valence-electron chi connectivity index (χ4n) is 1.26. The molecule has 2 heterocycles. The molecule has 0 aliphatic heterocycles. The van der Waals surface area contributed by atoms with Crippen molar-refractivity contribution in [2.75, 3.05) is 0 Å². The third-order valence-electron chi connectivity index (χ3n) is 2.00. The zero-order chi connectivity index (χ0) is 9.80. The van der Waals surface area contributed by atoms with Crippen LogP contribution in [-0.2, 0) is 13.0 Å². The third kappa shape index (κ3) is 2.20. The number of nitrogens with zero attached hydrogens (tertiary/aromatic N) is 3. The molecule has 14 heavy (non-hydrogen) atoms. The average Bonchev–Trinajstić information content (AvgIpc) is 2.63. The molecule has 2 aromatic rings. The molecule has 0 bridgehead atoms. The van der Waals surface area contributed by atoms with Gasteiger partial charge in [-0.2, -0.15) is 0 Å². The predicted molar refractivity (Wildman–Crippen MR) is 57.9 cm³/mol. The van der Waals surface area contributed by atoms with Crippen LogP contribution in [0.15, 0.2) is 41.5 Å². The number of hydrogen-bond acceptors (Lipinski definition) is 2. The first kappa shape index (κ1) is 9.40. The lowest BCUT2D eigenvalue weighted by Gasteiger charge is -2.02. The number of imidazole rings is 1. The standard InChI is InChI=1S/C10H10BrN3/c11-10-13-6-8-14(10)7-4-9-3-1-2-5-12-9/h1-3,5-6,8H,4,7H2. The van der Waals surface area contributed by atoms with Crippen molar-refractivity contribution >= 4 is 15.9 Å². The largest absolute Gasteiger partial charge is 0.325 e. The number of halogens is 1. The molecule has 0 atom stereocenters. The summed E-state index contributed by atoms with van der Waals surface area (Å²) in [6, 6.07) is 5.97. The van der Waals surface area contributed by atoms with Gasteiger partial charge in [-0.05, 0) is 28.1 Å². The molecular weight excluding hydrogens is 242 g/mol. The molecule has 72 valence electrons. The van der Waals surface area contributed by atoms with Gasteiger partial charge in [0.2, 0.25) is 0 Å². The summed E-state index contributed by atoms with van der Waals surface area (Å²) in [4.78, 5) is 8.35. The Kier molecular flexibility index (Phi) is 2.93. The van der Waals surface area contributed by atoms with Gasteiger partial charge in [-0.25, -0.2) is 4.98 Å². The third-order valence-corrected chi connectivity index (χ3v) is 2.66. The van der Waals surface area contributed by atoms with Gasteiger partial charge in [0.15, 0.2) is 4.73 Å². The summed E-state index contributed by atoms with van der Waals surface area (Å²) in [6.07, 6.45) is 6.48. The Balaban J connectivity index is 1.99. The van der Waals surface area contributed by atoms with Crippen LogP contribution in [0.25, 0.3) is 0 Å². The zero-order valence-corrected chi connectivity index (χ0v) is 9.18. The van der Waals surface area contributed by atoms with Gasteiger partial charge >= 0.3 is 0 Å². The number of pyridine rings is 1. The van der Waals surface area contributed by atoms with Crippen molar-refractivity contribution in [1.29, 1.82) is 0 Å². The Morgan fingerprint density at radius 1 is 1.21 bits per heavy atom. The Labute approximate surface area is 90.9 Å². The van der Waals surface area contributed by atoms with E-state index in [4.69, 9.17) is 0 Å². The highest BCUT2D eigenvalue weighted by molar-refractivity contribution is 9.10. The maximum Gasteiger partial charge on any atom is 0.177 e. The van der Waals surface area contributed by atoms with E-state index in [0.717, 1.165) is 23.4 Å². The molecule has 0 unspecified atom stereocenters. The molecule has 0 amide bonds. The molecule has 0 radical (unpaired) electrons. The van der Waals surface area contributed by atoms with Gasteiger partial charge in [0.1, 0.15) is 0 Å². The molecule has 0 aliphatic rings. The van der Waals surface area contributed by atoms with Crippen LogP contribution in [0, 0.1) is 0 Å². The fourth-order valence-corrected chi connectivity index (χ4v) is 1.67. The normalized spacial score (nSPS) is 10.4. The maximum atomic E-state index is 4.26. The minimum atomic E-state index is 0.869. The quantitative estimate of drug-likeness (QED) is 0.839. The van der Waals surface area contributed by atoms with Gasteiger partial charge in [0.05, 0.1) is 0 Å². The van der Waals surface area contributed by atoms with Crippen molar-refractivity contribution in [3.8, 4) is 0 Å². The Morgan fingerprint density at radius 3 is 2.79 bits per heavy atom. The summed E-state index contributed by atoms with van der Waals surface area (Å²) in [6.45, 7) is 0.900. The molecule has 0 fully saturated rings. The highest BCUT2D eigenvalue weighted by Gasteiger charge is 1.98. The number of aryl methyl sites for hydroxylation is 2. The second-order valence-electron chi connectivity index (χ2n) is 2.96. The summed E-state index contributed by atoms with van der Waals surface area (Å²) in [5.41, 5.74) is 1.10. The lowest BCUT2D eigenvalue weighted by Crippen LogP contribution is -2.01. The van der Waals surface area contributed by atoms with Crippen molar-refractivity contribution in [2.45, 2.75) is 13.0 Å². The van der Waals surface area contributed by atoms with E-state index in [1.54, 1.807) is 6.20 Å². The number of rotatable bonds is 3. The van der Waals surface area contributed by atoms with E-state index in [1.807, 2.05) is 30.6 Å². The topological polar surface area (TPSA) is 30.7 Å². The Morgan fingerprint density at radius 2 is 2.14 bits per heavy atom. The van der Waals surface area contributed by atoms with Crippen molar-refractivity contribution in [3.63, 3.8) is 0 Å². The van der Waals surface area contributed by atoms with Crippen LogP contribution in [0.1, 0.15) is 5.69 Å². The van der Waals surface area contributed by atoms with E-state index < -0.39 is 0 Å². The predicted octanol–water partition coefficient (Wildman–Crippen LogP) is 2.28. The summed E-state index contributed by atoms with van der Waals surface area (Å²) in [7, 11) is 0. The van der Waals surface area contributed by atoms with Crippen LogP contribution < -0.4 is 0 Å². The monoisotopic (exact) mass is 251 g/mol. The molecule has 3 nitrogen and oxygen atoms in total. The minimum absolute atomic E-state index is 0.869. The van der Waals surface area contributed by atoms with Crippen LogP contribution in [-0.4, -0.2) is 14.5 Å².